The molecule has 42 heavy (non-hydrogen) atoms. The predicted molar refractivity (Wildman–Crippen MR) is 175 cm³/mol. The molecule has 7 aromatic rings. The van der Waals surface area contributed by atoms with E-state index in [-0.39, 0.29) is 5.82 Å². The Labute approximate surface area is 245 Å². The fraction of sp³-hybridized carbons (Fsp3) is 0.0769. The number of aromatic nitrogens is 1. The fourth-order valence-corrected chi connectivity index (χ4v) is 11.3. The van der Waals surface area contributed by atoms with Crippen molar-refractivity contribution in [3.63, 3.8) is 0 Å². The highest BCUT2D eigenvalue weighted by Gasteiger charge is 2.53. The summed E-state index contributed by atoms with van der Waals surface area (Å²) in [5.41, 5.74) is 10.8. The topological polar surface area (TPSA) is 4.93 Å². The highest BCUT2D eigenvalue weighted by molar-refractivity contribution is 7.01. The maximum atomic E-state index is 14.0. The van der Waals surface area contributed by atoms with Crippen molar-refractivity contribution in [2.45, 2.75) is 18.5 Å². The number of para-hydroxylation sites is 3. The quantitative estimate of drug-likeness (QED) is 0.179. The molecule has 0 saturated carbocycles. The molecule has 1 nitrogen and oxygen atoms in total. The Bertz CT molecular complexity index is 2240. The van der Waals surface area contributed by atoms with Crippen molar-refractivity contribution in [2.75, 3.05) is 0 Å². The molecule has 2 aliphatic rings. The Balaban J connectivity index is 1.52. The second-order valence-corrected chi connectivity index (χ2v) is 16.6. The van der Waals surface area contributed by atoms with E-state index in [2.05, 4.69) is 127 Å². The van der Waals surface area contributed by atoms with E-state index in [4.69, 9.17) is 0 Å². The number of nitrogens with zero attached hydrogens (tertiary/aromatic N) is 1. The molecule has 0 saturated heterocycles. The van der Waals surface area contributed by atoms with E-state index >= 15 is 0 Å². The van der Waals surface area contributed by atoms with Gasteiger partial charge in [-0.25, -0.2) is 4.39 Å². The van der Waals surface area contributed by atoms with Gasteiger partial charge in [0.25, 0.3) is 0 Å². The van der Waals surface area contributed by atoms with Gasteiger partial charge in [0.1, 0.15) is 13.9 Å². The van der Waals surface area contributed by atoms with Crippen molar-refractivity contribution < 1.29 is 4.39 Å². The lowest BCUT2D eigenvalue weighted by atomic mass is 9.62. The van der Waals surface area contributed by atoms with Gasteiger partial charge in [-0.1, -0.05) is 116 Å². The van der Waals surface area contributed by atoms with E-state index in [1.807, 2.05) is 12.1 Å². The monoisotopic (exact) mass is 557 g/mol. The van der Waals surface area contributed by atoms with Crippen LogP contribution in [0.25, 0.3) is 38.6 Å². The summed E-state index contributed by atoms with van der Waals surface area (Å²) >= 11 is 0. The Morgan fingerprint density at radius 1 is 0.548 bits per heavy atom. The number of hydrogen-bond acceptors (Lipinski definition) is 0. The highest BCUT2D eigenvalue weighted by atomic mass is 28.3. The third-order valence-electron chi connectivity index (χ3n) is 9.93. The second-order valence-electron chi connectivity index (χ2n) is 12.3. The minimum atomic E-state index is -2.07. The minimum Gasteiger partial charge on any atom is -0.309 e. The molecule has 0 aliphatic carbocycles. The molecule has 2 aliphatic heterocycles. The summed E-state index contributed by atoms with van der Waals surface area (Å²) in [5, 5.41) is 5.51. The van der Waals surface area contributed by atoms with Gasteiger partial charge in [-0.3, -0.25) is 0 Å². The standard InChI is InChI=1S/C39H28FNSi/c1-42(2)36-17-8-5-13-31(36)39(33-24-26(20-23-37(33)42)25-18-21-27(40)22-19-25)30-12-4-7-16-35(30)41-34-15-6-3-10-28(34)29-11-9-14-32(39)38(29)41/h3-24H,1-2H3. The van der Waals surface area contributed by atoms with E-state index in [0.29, 0.717) is 0 Å². The maximum absolute atomic E-state index is 14.0. The summed E-state index contributed by atoms with van der Waals surface area (Å²) in [6.07, 6.45) is 0. The van der Waals surface area contributed by atoms with Crippen LogP contribution in [0.1, 0.15) is 22.3 Å². The zero-order valence-electron chi connectivity index (χ0n) is 23.5. The molecule has 0 fully saturated rings. The van der Waals surface area contributed by atoms with Crippen molar-refractivity contribution in [1.82, 2.24) is 4.57 Å². The third kappa shape index (κ3) is 2.82. The summed E-state index contributed by atoms with van der Waals surface area (Å²) in [4.78, 5) is 0. The van der Waals surface area contributed by atoms with Gasteiger partial charge < -0.3 is 4.57 Å². The van der Waals surface area contributed by atoms with Gasteiger partial charge in [0.15, 0.2) is 0 Å². The lowest BCUT2D eigenvalue weighted by molar-refractivity contribution is 0.628. The first-order valence-electron chi connectivity index (χ1n) is 14.6. The first kappa shape index (κ1) is 23.9. The normalized spacial score (nSPS) is 17.7. The second kappa shape index (κ2) is 8.18. The number of fused-ring (bicyclic) bond motifs is 11. The summed E-state index contributed by atoms with van der Waals surface area (Å²) in [6.45, 7) is 4.98. The van der Waals surface area contributed by atoms with Crippen molar-refractivity contribution in [3.8, 4) is 16.8 Å². The van der Waals surface area contributed by atoms with Crippen LogP contribution >= 0.6 is 0 Å². The molecular formula is C39H28FNSi. The van der Waals surface area contributed by atoms with Gasteiger partial charge in [-0.15, -0.1) is 0 Å². The SMILES string of the molecule is C[Si]1(C)c2ccccc2C2(c3ccccc3-n3c4ccccc4c4cccc2c43)c2cc(-c3ccc(F)cc3)ccc21. The van der Waals surface area contributed by atoms with Crippen LogP contribution in [-0.2, 0) is 5.41 Å². The zero-order chi connectivity index (χ0) is 28.2. The largest absolute Gasteiger partial charge is 0.309 e. The van der Waals surface area contributed by atoms with E-state index < -0.39 is 13.5 Å². The van der Waals surface area contributed by atoms with Gasteiger partial charge in [0.05, 0.1) is 22.1 Å². The Hall–Kier alpha value is -4.73. The molecule has 0 amide bonds. The van der Waals surface area contributed by atoms with E-state index in [9.17, 15) is 4.39 Å². The number of benzene rings is 6. The number of rotatable bonds is 1. The van der Waals surface area contributed by atoms with Crippen molar-refractivity contribution in [2.24, 2.45) is 0 Å². The number of hydrogen-bond donors (Lipinski definition) is 0. The molecular weight excluding hydrogens is 530 g/mol. The molecule has 0 bridgehead atoms. The molecule has 1 spiro atoms. The van der Waals surface area contributed by atoms with Gasteiger partial charge in [-0.2, -0.15) is 0 Å². The number of halogens is 1. The van der Waals surface area contributed by atoms with Crippen LogP contribution in [-0.4, -0.2) is 12.6 Å². The first-order chi connectivity index (χ1) is 20.5. The Morgan fingerprint density at radius 2 is 1.19 bits per heavy atom. The first-order valence-corrected chi connectivity index (χ1v) is 17.6. The van der Waals surface area contributed by atoms with Crippen LogP contribution < -0.4 is 10.4 Å². The van der Waals surface area contributed by atoms with Gasteiger partial charge in [-0.05, 0) is 74.1 Å². The summed E-state index contributed by atoms with van der Waals surface area (Å²) in [7, 11) is -2.07. The highest BCUT2D eigenvalue weighted by Crippen LogP contribution is 2.55. The van der Waals surface area contributed by atoms with E-state index in [1.165, 1.54) is 60.1 Å². The molecule has 3 heterocycles. The molecule has 200 valence electrons. The van der Waals surface area contributed by atoms with Crippen LogP contribution in [0.3, 0.4) is 0 Å². The molecule has 1 aromatic heterocycles. The molecule has 1 unspecified atom stereocenters. The average molecular weight is 558 g/mol. The molecule has 0 N–H and O–H groups in total. The summed E-state index contributed by atoms with van der Waals surface area (Å²) < 4.78 is 16.4. The molecule has 3 heteroatoms. The summed E-state index contributed by atoms with van der Waals surface area (Å²) in [6, 6.07) is 47.8. The molecule has 0 radical (unpaired) electrons. The van der Waals surface area contributed by atoms with Crippen LogP contribution in [0.15, 0.2) is 133 Å². The van der Waals surface area contributed by atoms with E-state index in [1.54, 1.807) is 12.1 Å². The van der Waals surface area contributed by atoms with Gasteiger partial charge in [0.2, 0.25) is 0 Å². The van der Waals surface area contributed by atoms with Crippen molar-refractivity contribution in [1.29, 1.82) is 0 Å². The third-order valence-corrected chi connectivity index (χ3v) is 13.5. The Morgan fingerprint density at radius 3 is 2.05 bits per heavy atom. The maximum Gasteiger partial charge on any atom is 0.123 e. The lowest BCUT2D eigenvalue weighted by Gasteiger charge is -2.49. The minimum absolute atomic E-state index is 0.212. The fourth-order valence-electron chi connectivity index (χ4n) is 8.15. The molecule has 9 rings (SSSR count). The lowest BCUT2D eigenvalue weighted by Crippen LogP contribution is -2.63. The van der Waals surface area contributed by atoms with Crippen LogP contribution in [0, 0.1) is 5.82 Å². The molecule has 1 atom stereocenters. The Kier molecular flexibility index (Phi) is 4.66. The smallest absolute Gasteiger partial charge is 0.123 e. The molecule has 6 aromatic carbocycles. The van der Waals surface area contributed by atoms with Gasteiger partial charge in [0, 0.05) is 10.8 Å². The van der Waals surface area contributed by atoms with Crippen molar-refractivity contribution >= 4 is 40.3 Å². The predicted octanol–water partition coefficient (Wildman–Crippen LogP) is 8.42. The van der Waals surface area contributed by atoms with Gasteiger partial charge >= 0.3 is 0 Å². The van der Waals surface area contributed by atoms with Crippen molar-refractivity contribution in [3.05, 3.63) is 162 Å². The van der Waals surface area contributed by atoms with Crippen LogP contribution in [0.4, 0.5) is 4.39 Å². The van der Waals surface area contributed by atoms with E-state index in [0.717, 1.165) is 11.1 Å². The zero-order valence-corrected chi connectivity index (χ0v) is 24.5. The van der Waals surface area contributed by atoms with Crippen LogP contribution in [0.2, 0.25) is 13.1 Å². The average Bonchev–Trinajstić information content (AvgIpc) is 3.37. The summed E-state index contributed by atoms with van der Waals surface area (Å²) in [5.74, 6) is -0.212. The van der Waals surface area contributed by atoms with Crippen LogP contribution in [0.5, 0.6) is 0 Å².